The Morgan fingerprint density at radius 1 is 0.949 bits per heavy atom. The second-order valence-corrected chi connectivity index (χ2v) is 10.1. The van der Waals surface area contributed by atoms with E-state index in [0.717, 1.165) is 16.5 Å². The molecule has 0 bridgehead atoms. The summed E-state index contributed by atoms with van der Waals surface area (Å²) in [7, 11) is 0. The highest BCUT2D eigenvalue weighted by atomic mass is 35.5. The highest BCUT2D eigenvalue weighted by Crippen LogP contribution is 2.33. The number of nitrogens with one attached hydrogen (secondary N) is 1. The molecule has 0 aliphatic carbocycles. The minimum absolute atomic E-state index is 0.310. The van der Waals surface area contributed by atoms with Crippen molar-refractivity contribution in [3.8, 4) is 22.7 Å². The second-order valence-electron chi connectivity index (χ2n) is 8.78. The zero-order valence-electron chi connectivity index (χ0n) is 20.6. The lowest BCUT2D eigenvalue weighted by molar-refractivity contribution is -0.123. The number of thiazole rings is 1. The molecule has 1 amide bonds. The van der Waals surface area contributed by atoms with E-state index >= 15 is 0 Å². The highest BCUT2D eigenvalue weighted by molar-refractivity contribution is 7.14. The van der Waals surface area contributed by atoms with Crippen molar-refractivity contribution in [2.75, 3.05) is 5.32 Å². The normalized spacial score (nSPS) is 11.9. The van der Waals surface area contributed by atoms with Gasteiger partial charge >= 0.3 is 5.97 Å². The largest absolute Gasteiger partial charge is 0.449 e. The van der Waals surface area contributed by atoms with E-state index in [1.165, 1.54) is 18.3 Å². The van der Waals surface area contributed by atoms with Gasteiger partial charge in [0.15, 0.2) is 16.8 Å². The first-order valence-electron chi connectivity index (χ1n) is 12.1. The van der Waals surface area contributed by atoms with E-state index in [1.807, 2.05) is 66.0 Å². The predicted octanol–water partition coefficient (Wildman–Crippen LogP) is 7.61. The molecule has 2 aromatic heterocycles. The number of hydrogen-bond acceptors (Lipinski definition) is 7. The summed E-state index contributed by atoms with van der Waals surface area (Å²) in [5.74, 6) is -0.722. The van der Waals surface area contributed by atoms with Gasteiger partial charge in [0.05, 0.1) is 11.3 Å². The number of halogens is 1. The summed E-state index contributed by atoms with van der Waals surface area (Å²) in [4.78, 5) is 35.2. The third-order valence-corrected chi connectivity index (χ3v) is 7.19. The third-order valence-electron chi connectivity index (χ3n) is 6.18. The lowest BCUT2D eigenvalue weighted by Gasteiger charge is -2.14. The summed E-state index contributed by atoms with van der Waals surface area (Å²) in [5.41, 5.74) is 3.92. The van der Waals surface area contributed by atoms with Gasteiger partial charge in [-0.15, -0.1) is 11.3 Å². The lowest BCUT2D eigenvalue weighted by atomic mass is 9.99. The van der Waals surface area contributed by atoms with Crippen molar-refractivity contribution in [2.45, 2.75) is 13.0 Å². The van der Waals surface area contributed by atoms with Gasteiger partial charge in [-0.1, -0.05) is 60.1 Å². The fourth-order valence-corrected chi connectivity index (χ4v) is 5.09. The molecule has 1 atom stereocenters. The van der Waals surface area contributed by atoms with E-state index < -0.39 is 18.0 Å². The van der Waals surface area contributed by atoms with Crippen molar-refractivity contribution in [2.24, 2.45) is 0 Å². The Morgan fingerprint density at radius 2 is 1.72 bits per heavy atom. The van der Waals surface area contributed by atoms with Gasteiger partial charge < -0.3 is 9.15 Å². The topological polar surface area (TPSA) is 94.3 Å². The molecule has 0 aliphatic heterocycles. The number of aromatic nitrogens is 2. The van der Waals surface area contributed by atoms with Crippen molar-refractivity contribution < 1.29 is 18.7 Å². The molecule has 4 aromatic carbocycles. The van der Waals surface area contributed by atoms with Crippen LogP contribution in [0.4, 0.5) is 5.13 Å². The van der Waals surface area contributed by atoms with Crippen LogP contribution in [0.2, 0.25) is 5.02 Å². The minimum Gasteiger partial charge on any atom is -0.449 e. The van der Waals surface area contributed by atoms with Gasteiger partial charge in [-0.05, 0) is 48.7 Å². The zero-order chi connectivity index (χ0) is 26.9. The monoisotopic (exact) mass is 553 g/mol. The zero-order valence-corrected chi connectivity index (χ0v) is 22.1. The standard InChI is InChI=1S/C30H20ClN3O4S/c1-17(27(35)34-30-33-24(16-39-30)18-12-14-20(31)15-13-18)37-29(36)22-9-5-7-19-6-4-8-21(26(19)22)28-32-23-10-2-3-11-25(23)38-28/h2-17H,1H3,(H,33,34,35). The maximum absolute atomic E-state index is 13.3. The molecular formula is C30H20ClN3O4S. The summed E-state index contributed by atoms with van der Waals surface area (Å²) >= 11 is 7.24. The Balaban J connectivity index is 1.23. The molecule has 1 unspecified atom stereocenters. The molecule has 192 valence electrons. The van der Waals surface area contributed by atoms with Gasteiger partial charge in [-0.3, -0.25) is 10.1 Å². The van der Waals surface area contributed by atoms with Crippen LogP contribution < -0.4 is 5.32 Å². The molecule has 6 aromatic rings. The Kier molecular flexibility index (Phi) is 6.56. The van der Waals surface area contributed by atoms with Gasteiger partial charge in [-0.2, -0.15) is 0 Å². The Bertz CT molecular complexity index is 1810. The fraction of sp³-hybridized carbons (Fsp3) is 0.0667. The number of anilines is 1. The van der Waals surface area contributed by atoms with E-state index in [-0.39, 0.29) is 0 Å². The molecular weight excluding hydrogens is 534 g/mol. The molecule has 2 heterocycles. The smallest absolute Gasteiger partial charge is 0.339 e. The second kappa shape index (κ2) is 10.3. The van der Waals surface area contributed by atoms with Crippen molar-refractivity contribution in [1.29, 1.82) is 0 Å². The van der Waals surface area contributed by atoms with Crippen molar-refractivity contribution in [1.82, 2.24) is 9.97 Å². The van der Waals surface area contributed by atoms with Crippen molar-refractivity contribution >= 4 is 61.8 Å². The first-order chi connectivity index (χ1) is 19.0. The maximum atomic E-state index is 13.3. The van der Waals surface area contributed by atoms with Crippen molar-refractivity contribution in [3.63, 3.8) is 0 Å². The summed E-state index contributed by atoms with van der Waals surface area (Å²) in [5, 5.41) is 7.05. The van der Waals surface area contributed by atoms with Crippen LogP contribution in [0, 0.1) is 0 Å². The first-order valence-corrected chi connectivity index (χ1v) is 13.3. The summed E-state index contributed by atoms with van der Waals surface area (Å²) < 4.78 is 11.6. The number of ether oxygens (including phenoxy) is 1. The number of carbonyl (C=O) groups is 2. The van der Waals surface area contributed by atoms with Crippen LogP contribution in [0.3, 0.4) is 0 Å². The van der Waals surface area contributed by atoms with Crippen LogP contribution in [0.5, 0.6) is 0 Å². The summed E-state index contributed by atoms with van der Waals surface area (Å²) in [6.45, 7) is 1.52. The van der Waals surface area contributed by atoms with Gasteiger partial charge in [-0.25, -0.2) is 14.8 Å². The van der Waals surface area contributed by atoms with Gasteiger partial charge in [0.25, 0.3) is 5.91 Å². The first kappa shape index (κ1) is 24.8. The molecule has 0 fully saturated rings. The Morgan fingerprint density at radius 3 is 2.51 bits per heavy atom. The van der Waals surface area contributed by atoms with Crippen LogP contribution in [0.25, 0.3) is 44.6 Å². The number of rotatable bonds is 6. The van der Waals surface area contributed by atoms with Crippen LogP contribution >= 0.6 is 22.9 Å². The average molecular weight is 554 g/mol. The lowest BCUT2D eigenvalue weighted by Crippen LogP contribution is -2.30. The number of hydrogen-bond donors (Lipinski definition) is 1. The van der Waals surface area contributed by atoms with E-state index in [1.54, 1.807) is 24.3 Å². The van der Waals surface area contributed by atoms with E-state index in [2.05, 4.69) is 15.3 Å². The SMILES string of the molecule is CC(OC(=O)c1cccc2cccc(-c3nc4ccccc4o3)c12)C(=O)Nc1nc(-c2ccc(Cl)cc2)cs1. The highest BCUT2D eigenvalue weighted by Gasteiger charge is 2.23. The van der Waals surface area contributed by atoms with Gasteiger partial charge in [0, 0.05) is 26.9 Å². The Hall–Kier alpha value is -4.53. The fourth-order valence-electron chi connectivity index (χ4n) is 4.25. The maximum Gasteiger partial charge on any atom is 0.339 e. The van der Waals surface area contributed by atoms with E-state index in [4.69, 9.17) is 20.8 Å². The molecule has 0 radical (unpaired) electrons. The van der Waals surface area contributed by atoms with Crippen molar-refractivity contribution in [3.05, 3.63) is 101 Å². The molecule has 0 aliphatic rings. The van der Waals surface area contributed by atoms with Crippen LogP contribution in [-0.2, 0) is 9.53 Å². The van der Waals surface area contributed by atoms with Crippen LogP contribution in [0.15, 0.2) is 94.7 Å². The molecule has 9 heteroatoms. The molecule has 39 heavy (non-hydrogen) atoms. The third kappa shape index (κ3) is 4.99. The molecule has 0 saturated carbocycles. The molecule has 0 spiro atoms. The molecule has 0 saturated heterocycles. The molecule has 7 nitrogen and oxygen atoms in total. The molecule has 6 rings (SSSR count). The number of oxazole rings is 1. The summed E-state index contributed by atoms with van der Waals surface area (Å²) in [6, 6.07) is 25.7. The van der Waals surface area contributed by atoms with Crippen LogP contribution in [-0.4, -0.2) is 27.9 Å². The number of amides is 1. The number of nitrogens with zero attached hydrogens (tertiary/aromatic N) is 2. The number of carbonyl (C=O) groups excluding carboxylic acids is 2. The number of para-hydroxylation sites is 2. The number of fused-ring (bicyclic) bond motifs is 2. The predicted molar refractivity (Wildman–Crippen MR) is 153 cm³/mol. The molecule has 1 N–H and O–H groups in total. The van der Waals surface area contributed by atoms with E-state index in [9.17, 15) is 9.59 Å². The van der Waals surface area contributed by atoms with Gasteiger partial charge in [0.2, 0.25) is 5.89 Å². The quantitative estimate of drug-likeness (QED) is 0.213. The minimum atomic E-state index is -1.06. The number of esters is 1. The number of benzene rings is 4. The van der Waals surface area contributed by atoms with Gasteiger partial charge in [0.1, 0.15) is 5.52 Å². The van der Waals surface area contributed by atoms with E-state index in [0.29, 0.717) is 43.8 Å². The summed E-state index contributed by atoms with van der Waals surface area (Å²) in [6.07, 6.45) is -1.06. The Labute approximate surface area is 232 Å². The average Bonchev–Trinajstić information content (AvgIpc) is 3.60. The van der Waals surface area contributed by atoms with Crippen LogP contribution in [0.1, 0.15) is 17.3 Å².